The normalized spacial score (nSPS) is 19.1. The van der Waals surface area contributed by atoms with Gasteiger partial charge in [-0.1, -0.05) is 36.4 Å². The highest BCUT2D eigenvalue weighted by Crippen LogP contribution is 2.30. The van der Waals surface area contributed by atoms with Gasteiger partial charge in [0.1, 0.15) is 5.92 Å². The summed E-state index contributed by atoms with van der Waals surface area (Å²) in [5.41, 5.74) is 3.72. The van der Waals surface area contributed by atoms with Crippen LogP contribution in [0.15, 0.2) is 53.6 Å². The number of rotatable bonds is 6. The van der Waals surface area contributed by atoms with Gasteiger partial charge in [0.05, 0.1) is 12.8 Å². The molecule has 7 nitrogen and oxygen atoms in total. The zero-order chi connectivity index (χ0) is 19.2. The molecular formula is C20H21N3O4. The van der Waals surface area contributed by atoms with Crippen molar-refractivity contribution in [2.75, 3.05) is 13.2 Å². The fraction of sp³-hybridized carbons (Fsp3) is 0.250. The Hall–Kier alpha value is -3.35. The van der Waals surface area contributed by atoms with Crippen LogP contribution in [-0.4, -0.2) is 36.3 Å². The molecule has 0 saturated carbocycles. The summed E-state index contributed by atoms with van der Waals surface area (Å²) in [6.07, 6.45) is 1.32. The fourth-order valence-corrected chi connectivity index (χ4v) is 3.08. The minimum absolute atomic E-state index is 0.0573. The van der Waals surface area contributed by atoms with E-state index in [1.807, 2.05) is 37.3 Å². The van der Waals surface area contributed by atoms with Crippen molar-refractivity contribution in [3.05, 3.63) is 59.7 Å². The molecule has 0 unspecified atom stereocenters. The summed E-state index contributed by atoms with van der Waals surface area (Å²) in [5.74, 6) is -1.63. The maximum Gasteiger partial charge on any atom is 0.253 e. The van der Waals surface area contributed by atoms with E-state index >= 15 is 0 Å². The molecule has 2 aromatic carbocycles. The molecule has 0 aromatic heterocycles. The predicted octanol–water partition coefficient (Wildman–Crippen LogP) is 1.77. The van der Waals surface area contributed by atoms with Crippen LogP contribution in [0, 0.1) is 5.92 Å². The summed E-state index contributed by atoms with van der Waals surface area (Å²) in [6, 6.07) is 14.4. The third-order valence-corrected chi connectivity index (χ3v) is 4.40. The van der Waals surface area contributed by atoms with Crippen molar-refractivity contribution >= 4 is 18.0 Å². The number of hydrogen-bond acceptors (Lipinski definition) is 5. The van der Waals surface area contributed by atoms with Gasteiger partial charge in [-0.2, -0.15) is 5.10 Å². The minimum Gasteiger partial charge on any atom is -0.504 e. The van der Waals surface area contributed by atoms with E-state index in [-0.39, 0.29) is 17.6 Å². The van der Waals surface area contributed by atoms with Gasteiger partial charge in [0.25, 0.3) is 5.91 Å². The van der Waals surface area contributed by atoms with Crippen LogP contribution in [-0.2, 0) is 9.59 Å². The molecule has 0 bridgehead atoms. The standard InChI is InChI=1S/C20H21N3O4/c1-2-27-16-10-6-9-14(18(16)24)11-22-23-20(26)17-15(12-21-19(17)25)13-7-4-3-5-8-13/h3-11,15,17,24H,2,12H2,1H3,(H,21,25)(H,23,26)/b22-11+/t15-,17-/m0/s1. The van der Waals surface area contributed by atoms with Crippen LogP contribution < -0.4 is 15.5 Å². The van der Waals surface area contributed by atoms with Gasteiger partial charge in [0.15, 0.2) is 11.5 Å². The third kappa shape index (κ3) is 4.08. The monoisotopic (exact) mass is 367 g/mol. The van der Waals surface area contributed by atoms with Gasteiger partial charge < -0.3 is 15.2 Å². The van der Waals surface area contributed by atoms with Gasteiger partial charge in [-0.15, -0.1) is 0 Å². The first-order chi connectivity index (χ1) is 13.1. The van der Waals surface area contributed by atoms with Crippen LogP contribution in [0.1, 0.15) is 24.0 Å². The third-order valence-electron chi connectivity index (χ3n) is 4.40. The van der Waals surface area contributed by atoms with Crippen LogP contribution in [0.2, 0.25) is 0 Å². The van der Waals surface area contributed by atoms with Gasteiger partial charge in [-0.25, -0.2) is 5.43 Å². The highest BCUT2D eigenvalue weighted by Gasteiger charge is 2.40. The number of phenols is 1. The average Bonchev–Trinajstić information content (AvgIpc) is 3.07. The molecule has 27 heavy (non-hydrogen) atoms. The van der Waals surface area contributed by atoms with Crippen molar-refractivity contribution in [1.82, 2.24) is 10.7 Å². The number of carbonyl (C=O) groups is 2. The van der Waals surface area contributed by atoms with Gasteiger partial charge >= 0.3 is 0 Å². The molecule has 7 heteroatoms. The van der Waals surface area contributed by atoms with E-state index in [2.05, 4.69) is 15.8 Å². The molecule has 0 radical (unpaired) electrons. The van der Waals surface area contributed by atoms with E-state index in [4.69, 9.17) is 4.74 Å². The van der Waals surface area contributed by atoms with Crippen LogP contribution in [0.5, 0.6) is 11.5 Å². The molecule has 3 N–H and O–H groups in total. The number of carbonyl (C=O) groups excluding carboxylic acids is 2. The summed E-state index contributed by atoms with van der Waals surface area (Å²) in [7, 11) is 0. The summed E-state index contributed by atoms with van der Waals surface area (Å²) in [4.78, 5) is 24.6. The second-order valence-corrected chi connectivity index (χ2v) is 6.10. The highest BCUT2D eigenvalue weighted by molar-refractivity contribution is 6.03. The van der Waals surface area contributed by atoms with E-state index < -0.39 is 11.8 Å². The van der Waals surface area contributed by atoms with E-state index in [1.165, 1.54) is 6.21 Å². The summed E-state index contributed by atoms with van der Waals surface area (Å²) >= 11 is 0. The topological polar surface area (TPSA) is 100 Å². The van der Waals surface area contributed by atoms with Crippen molar-refractivity contribution in [3.8, 4) is 11.5 Å². The molecule has 2 amide bonds. The van der Waals surface area contributed by atoms with Crippen molar-refractivity contribution < 1.29 is 19.4 Å². The minimum atomic E-state index is -0.854. The number of amides is 2. The Morgan fingerprint density at radius 3 is 2.81 bits per heavy atom. The maximum absolute atomic E-state index is 12.5. The van der Waals surface area contributed by atoms with Crippen molar-refractivity contribution in [1.29, 1.82) is 0 Å². The van der Waals surface area contributed by atoms with E-state index in [1.54, 1.807) is 18.2 Å². The van der Waals surface area contributed by atoms with Crippen LogP contribution in [0.4, 0.5) is 0 Å². The number of ether oxygens (including phenoxy) is 1. The summed E-state index contributed by atoms with van der Waals surface area (Å²) in [5, 5.41) is 16.8. The number of aromatic hydroxyl groups is 1. The molecule has 1 saturated heterocycles. The smallest absolute Gasteiger partial charge is 0.253 e. The van der Waals surface area contributed by atoms with Crippen molar-refractivity contribution in [3.63, 3.8) is 0 Å². The lowest BCUT2D eigenvalue weighted by Crippen LogP contribution is -2.34. The Bertz CT molecular complexity index is 852. The van der Waals surface area contributed by atoms with Crippen LogP contribution >= 0.6 is 0 Å². The first-order valence-corrected chi connectivity index (χ1v) is 8.72. The Morgan fingerprint density at radius 2 is 2.07 bits per heavy atom. The molecule has 1 heterocycles. The van der Waals surface area contributed by atoms with Crippen molar-refractivity contribution in [2.24, 2.45) is 11.0 Å². The van der Waals surface area contributed by atoms with E-state index in [9.17, 15) is 14.7 Å². The zero-order valence-electron chi connectivity index (χ0n) is 14.9. The Labute approximate surface area is 157 Å². The lowest BCUT2D eigenvalue weighted by Gasteiger charge is -2.15. The van der Waals surface area contributed by atoms with Gasteiger partial charge in [-0.3, -0.25) is 9.59 Å². The molecule has 1 fully saturated rings. The Kier molecular flexibility index (Phi) is 5.71. The predicted molar refractivity (Wildman–Crippen MR) is 101 cm³/mol. The number of hydrazone groups is 1. The van der Waals surface area contributed by atoms with Crippen molar-refractivity contribution in [2.45, 2.75) is 12.8 Å². The Balaban J connectivity index is 1.70. The van der Waals surface area contributed by atoms with E-state index in [0.29, 0.717) is 24.5 Å². The molecule has 140 valence electrons. The van der Waals surface area contributed by atoms with Gasteiger partial charge in [0, 0.05) is 18.0 Å². The number of hydrogen-bond donors (Lipinski definition) is 3. The maximum atomic E-state index is 12.5. The Morgan fingerprint density at radius 1 is 1.30 bits per heavy atom. The number of nitrogens with zero attached hydrogens (tertiary/aromatic N) is 1. The van der Waals surface area contributed by atoms with Crippen LogP contribution in [0.3, 0.4) is 0 Å². The SMILES string of the molecule is CCOc1cccc(/C=N/NC(=O)[C@@H]2C(=O)NC[C@H]2c2ccccc2)c1O. The first-order valence-electron chi connectivity index (χ1n) is 8.72. The first kappa shape index (κ1) is 18.4. The molecule has 1 aliphatic rings. The molecule has 0 aliphatic carbocycles. The molecule has 2 atom stereocenters. The van der Waals surface area contributed by atoms with Gasteiger partial charge in [-0.05, 0) is 24.6 Å². The highest BCUT2D eigenvalue weighted by atomic mass is 16.5. The average molecular weight is 367 g/mol. The number of para-hydroxylation sites is 1. The second-order valence-electron chi connectivity index (χ2n) is 6.10. The largest absolute Gasteiger partial charge is 0.504 e. The number of benzene rings is 2. The van der Waals surface area contributed by atoms with Gasteiger partial charge in [0.2, 0.25) is 5.91 Å². The molecule has 3 rings (SSSR count). The lowest BCUT2D eigenvalue weighted by atomic mass is 9.88. The number of nitrogens with one attached hydrogen (secondary N) is 2. The second kappa shape index (κ2) is 8.35. The lowest BCUT2D eigenvalue weighted by molar-refractivity contribution is -0.133. The zero-order valence-corrected chi connectivity index (χ0v) is 14.9. The molecule has 0 spiro atoms. The molecule has 1 aliphatic heterocycles. The summed E-state index contributed by atoms with van der Waals surface area (Å²) in [6.45, 7) is 2.64. The molecular weight excluding hydrogens is 346 g/mol. The quantitative estimate of drug-likeness (QED) is 0.412. The van der Waals surface area contributed by atoms with Crippen LogP contribution in [0.25, 0.3) is 0 Å². The fourth-order valence-electron chi connectivity index (χ4n) is 3.08. The van der Waals surface area contributed by atoms with E-state index in [0.717, 1.165) is 5.56 Å². The molecule has 2 aromatic rings. The summed E-state index contributed by atoms with van der Waals surface area (Å²) < 4.78 is 5.31. The number of phenolic OH excluding ortho intramolecular Hbond substituents is 1.